The molecule has 0 amide bonds. The number of imidazole rings is 1. The third kappa shape index (κ3) is 4.92. The smallest absolute Gasteiger partial charge is 0.165 e. The molecule has 0 aliphatic heterocycles. The molecule has 0 unspecified atom stereocenters. The molecule has 0 saturated heterocycles. The van der Waals surface area contributed by atoms with Crippen LogP contribution in [0.15, 0.2) is 59.0 Å². The maximum Gasteiger partial charge on any atom is 0.165 e. The molecule has 0 atom stereocenters. The maximum atomic E-state index is 14.7. The zero-order valence-corrected chi connectivity index (χ0v) is 17.8. The number of nitrogens with two attached hydrogens (primary N) is 2. The Balaban J connectivity index is 1.91. The van der Waals surface area contributed by atoms with Gasteiger partial charge in [-0.15, -0.1) is 0 Å². The summed E-state index contributed by atoms with van der Waals surface area (Å²) in [6.07, 6.45) is 4.80. The minimum atomic E-state index is -0.452. The second-order valence-corrected chi connectivity index (χ2v) is 7.12. The van der Waals surface area contributed by atoms with E-state index in [-0.39, 0.29) is 19.0 Å². The SMILES string of the molecule is CN=C(C)C(CCOc1c(F)cccc1-c1ccc2ncc(CCN)n2c1)=C(N)CO. The Morgan fingerprint density at radius 3 is 2.81 bits per heavy atom. The summed E-state index contributed by atoms with van der Waals surface area (Å²) in [6, 6.07) is 8.61. The number of para-hydroxylation sites is 1. The van der Waals surface area contributed by atoms with Crippen LogP contribution in [0.25, 0.3) is 16.8 Å². The lowest BCUT2D eigenvalue weighted by atomic mass is 10.1. The molecule has 8 heteroatoms. The quantitative estimate of drug-likeness (QED) is 0.457. The first-order valence-corrected chi connectivity index (χ1v) is 10.1. The molecule has 5 N–H and O–H groups in total. The monoisotopic (exact) mass is 425 g/mol. The molecule has 0 spiro atoms. The molecular formula is C23H28FN5O2. The van der Waals surface area contributed by atoms with Gasteiger partial charge in [0.2, 0.25) is 0 Å². The molecule has 164 valence electrons. The average molecular weight is 426 g/mol. The Labute approximate surface area is 180 Å². The average Bonchev–Trinajstić information content (AvgIpc) is 3.19. The lowest BCUT2D eigenvalue weighted by molar-refractivity contribution is 0.304. The largest absolute Gasteiger partial charge is 0.490 e. The highest BCUT2D eigenvalue weighted by molar-refractivity contribution is 5.98. The lowest BCUT2D eigenvalue weighted by Gasteiger charge is -2.15. The van der Waals surface area contributed by atoms with Crippen molar-refractivity contribution in [3.8, 4) is 16.9 Å². The van der Waals surface area contributed by atoms with Crippen LogP contribution in [0, 0.1) is 5.82 Å². The Kier molecular flexibility index (Phi) is 7.38. The number of ether oxygens (including phenoxy) is 1. The van der Waals surface area contributed by atoms with Gasteiger partial charge in [0.1, 0.15) is 5.65 Å². The molecular weight excluding hydrogens is 397 g/mol. The first kappa shape index (κ1) is 22.5. The van der Waals surface area contributed by atoms with E-state index in [9.17, 15) is 9.50 Å². The number of nitrogens with zero attached hydrogens (tertiary/aromatic N) is 3. The molecule has 3 aromatic rings. The number of aromatic nitrogens is 2. The molecule has 0 aliphatic rings. The van der Waals surface area contributed by atoms with Crippen molar-refractivity contribution in [3.05, 3.63) is 65.5 Å². The van der Waals surface area contributed by atoms with Crippen LogP contribution in [0.4, 0.5) is 4.39 Å². The first-order valence-electron chi connectivity index (χ1n) is 10.1. The lowest BCUT2D eigenvalue weighted by Crippen LogP contribution is -2.15. The summed E-state index contributed by atoms with van der Waals surface area (Å²) in [7, 11) is 1.65. The molecule has 2 aromatic heterocycles. The summed E-state index contributed by atoms with van der Waals surface area (Å²) in [5.41, 5.74) is 16.6. The van der Waals surface area contributed by atoms with Crippen LogP contribution in [0.2, 0.25) is 0 Å². The topological polar surface area (TPSA) is 111 Å². The van der Waals surface area contributed by atoms with E-state index >= 15 is 0 Å². The second-order valence-electron chi connectivity index (χ2n) is 7.12. The number of aliphatic imine (C=N–C) groups is 1. The third-order valence-corrected chi connectivity index (χ3v) is 5.19. The molecule has 0 radical (unpaired) electrons. The van der Waals surface area contributed by atoms with Gasteiger partial charge in [-0.1, -0.05) is 12.1 Å². The summed E-state index contributed by atoms with van der Waals surface area (Å²) in [5, 5.41) is 9.38. The van der Waals surface area contributed by atoms with Gasteiger partial charge in [-0.3, -0.25) is 4.99 Å². The molecule has 0 bridgehead atoms. The molecule has 2 heterocycles. The highest BCUT2D eigenvalue weighted by Crippen LogP contribution is 2.33. The van der Waals surface area contributed by atoms with Crippen LogP contribution in [-0.4, -0.2) is 47.0 Å². The maximum absolute atomic E-state index is 14.7. The van der Waals surface area contributed by atoms with Gasteiger partial charge in [-0.2, -0.15) is 0 Å². The van der Waals surface area contributed by atoms with E-state index in [4.69, 9.17) is 16.2 Å². The second kappa shape index (κ2) is 10.2. The van der Waals surface area contributed by atoms with Crippen molar-refractivity contribution in [2.75, 3.05) is 26.8 Å². The zero-order valence-electron chi connectivity index (χ0n) is 17.8. The first-order chi connectivity index (χ1) is 15.0. The number of halogens is 1. The summed E-state index contributed by atoms with van der Waals surface area (Å²) >= 11 is 0. The van der Waals surface area contributed by atoms with E-state index in [0.29, 0.717) is 41.9 Å². The molecule has 31 heavy (non-hydrogen) atoms. The fraction of sp³-hybridized carbons (Fsp3) is 0.304. The van der Waals surface area contributed by atoms with Crippen molar-refractivity contribution in [2.24, 2.45) is 16.5 Å². The van der Waals surface area contributed by atoms with E-state index in [1.54, 1.807) is 19.3 Å². The van der Waals surface area contributed by atoms with Crippen molar-refractivity contribution in [1.29, 1.82) is 0 Å². The van der Waals surface area contributed by atoms with Gasteiger partial charge in [0.05, 0.1) is 13.2 Å². The molecule has 0 fully saturated rings. The van der Waals surface area contributed by atoms with Gasteiger partial charge in [-0.05, 0) is 37.2 Å². The number of rotatable bonds is 9. The van der Waals surface area contributed by atoms with Gasteiger partial charge in [0.15, 0.2) is 11.6 Å². The van der Waals surface area contributed by atoms with E-state index in [0.717, 1.165) is 16.9 Å². The minimum absolute atomic E-state index is 0.162. The van der Waals surface area contributed by atoms with Gasteiger partial charge in [0, 0.05) is 60.5 Å². The zero-order chi connectivity index (χ0) is 22.4. The normalized spacial score (nSPS) is 12.9. The summed E-state index contributed by atoms with van der Waals surface area (Å²) in [6.45, 7) is 2.23. The van der Waals surface area contributed by atoms with Gasteiger partial charge in [0.25, 0.3) is 0 Å². The Morgan fingerprint density at radius 1 is 1.29 bits per heavy atom. The third-order valence-electron chi connectivity index (χ3n) is 5.19. The predicted molar refractivity (Wildman–Crippen MR) is 121 cm³/mol. The van der Waals surface area contributed by atoms with Gasteiger partial charge < -0.3 is 25.7 Å². The Hall–Kier alpha value is -3.23. The van der Waals surface area contributed by atoms with Crippen molar-refractivity contribution in [3.63, 3.8) is 0 Å². The van der Waals surface area contributed by atoms with Crippen molar-refractivity contribution < 1.29 is 14.2 Å². The summed E-state index contributed by atoms with van der Waals surface area (Å²) in [4.78, 5) is 8.52. The van der Waals surface area contributed by atoms with Gasteiger partial charge in [-0.25, -0.2) is 9.37 Å². The molecule has 0 aliphatic carbocycles. The van der Waals surface area contributed by atoms with Crippen LogP contribution in [0.1, 0.15) is 19.0 Å². The van der Waals surface area contributed by atoms with Crippen LogP contribution in [0.3, 0.4) is 0 Å². The molecule has 7 nitrogen and oxygen atoms in total. The number of fused-ring (bicyclic) bond motifs is 1. The number of hydrogen-bond donors (Lipinski definition) is 3. The van der Waals surface area contributed by atoms with E-state index in [1.807, 2.05) is 35.7 Å². The van der Waals surface area contributed by atoms with E-state index < -0.39 is 5.82 Å². The summed E-state index contributed by atoms with van der Waals surface area (Å²) < 4.78 is 22.5. The van der Waals surface area contributed by atoms with E-state index in [2.05, 4.69) is 9.98 Å². The number of hydrogen-bond acceptors (Lipinski definition) is 6. The highest BCUT2D eigenvalue weighted by atomic mass is 19.1. The number of pyridine rings is 1. The van der Waals surface area contributed by atoms with Crippen LogP contribution in [0.5, 0.6) is 5.75 Å². The molecule has 0 saturated carbocycles. The summed E-state index contributed by atoms with van der Waals surface area (Å²) in [5.74, 6) is -0.290. The molecule has 1 aromatic carbocycles. The van der Waals surface area contributed by atoms with Crippen LogP contribution in [-0.2, 0) is 6.42 Å². The van der Waals surface area contributed by atoms with Crippen molar-refractivity contribution in [1.82, 2.24) is 9.38 Å². The van der Waals surface area contributed by atoms with Crippen LogP contribution >= 0.6 is 0 Å². The fourth-order valence-corrected chi connectivity index (χ4v) is 3.47. The number of benzene rings is 1. The van der Waals surface area contributed by atoms with Crippen molar-refractivity contribution >= 4 is 11.4 Å². The Bertz CT molecular complexity index is 1120. The standard InChI is InChI=1S/C23H28FN5O2/c1-15(27-2)18(21(26)14-30)9-11-31-23-19(4-3-5-20(23)24)16-6-7-22-28-12-17(8-10-25)29(22)13-16/h3-7,12-13,30H,8-11,14,25-26H2,1-2H3. The number of aliphatic hydroxyl groups excluding tert-OH is 1. The predicted octanol–water partition coefficient (Wildman–Crippen LogP) is 2.71. The fourth-order valence-electron chi connectivity index (χ4n) is 3.47. The minimum Gasteiger partial charge on any atom is -0.490 e. The molecule has 3 rings (SSSR count). The van der Waals surface area contributed by atoms with Gasteiger partial charge >= 0.3 is 0 Å². The van der Waals surface area contributed by atoms with E-state index in [1.165, 1.54) is 6.07 Å². The highest BCUT2D eigenvalue weighted by Gasteiger charge is 2.15. The number of aliphatic hydroxyl groups is 1. The van der Waals surface area contributed by atoms with Crippen LogP contribution < -0.4 is 16.2 Å². The van der Waals surface area contributed by atoms with Crippen molar-refractivity contribution in [2.45, 2.75) is 19.8 Å². The Morgan fingerprint density at radius 2 is 2.10 bits per heavy atom.